The molecule has 7 heteroatoms. The molecule has 1 heterocycles. The van der Waals surface area contributed by atoms with Crippen LogP contribution >= 0.6 is 43.2 Å². The largest absolute Gasteiger partial charge is 0.242 e. The third-order valence-corrected chi connectivity index (χ3v) is 6.89. The first-order valence-electron chi connectivity index (χ1n) is 6.45. The topological polar surface area (TPSA) is 46.2 Å². The maximum absolute atomic E-state index is 12.6. The summed E-state index contributed by atoms with van der Waals surface area (Å²) in [7, 11) is -3.58. The van der Waals surface area contributed by atoms with Gasteiger partial charge in [-0.1, -0.05) is 35.3 Å². The van der Waals surface area contributed by atoms with Crippen molar-refractivity contribution >= 4 is 53.2 Å². The smallest absolute Gasteiger partial charge is 0.207 e. The molecule has 1 unspecified atom stereocenters. The molecule has 0 aliphatic carbocycles. The average molecular weight is 453 g/mol. The van der Waals surface area contributed by atoms with Crippen molar-refractivity contribution in [2.75, 3.05) is 0 Å². The van der Waals surface area contributed by atoms with Crippen LogP contribution in [0.3, 0.4) is 0 Å². The molecule has 0 saturated carbocycles. The lowest BCUT2D eigenvalue weighted by Crippen LogP contribution is -2.28. The molecule has 0 radical (unpaired) electrons. The quantitative estimate of drug-likeness (QED) is 0.663. The van der Waals surface area contributed by atoms with Gasteiger partial charge in [0.25, 0.3) is 0 Å². The number of rotatable bonds is 6. The molecule has 1 aromatic heterocycles. The highest BCUT2D eigenvalue weighted by Gasteiger charge is 2.23. The molecule has 114 valence electrons. The Morgan fingerprint density at radius 2 is 2.05 bits per heavy atom. The number of sulfonamides is 1. The maximum atomic E-state index is 12.6. The molecule has 0 fully saturated rings. The monoisotopic (exact) mass is 451 g/mol. The number of hydrogen-bond acceptors (Lipinski definition) is 3. The van der Waals surface area contributed by atoms with Crippen LogP contribution < -0.4 is 4.72 Å². The van der Waals surface area contributed by atoms with Crippen LogP contribution in [-0.2, 0) is 10.0 Å². The van der Waals surface area contributed by atoms with E-state index in [-0.39, 0.29) is 10.9 Å². The lowest BCUT2D eigenvalue weighted by atomic mass is 10.1. The number of hydrogen-bond donors (Lipinski definition) is 1. The standard InChI is InChI=1S/C14H15Br2NO2S2/c1-2-4-12(13-5-3-8-20-13)17-21(18,19)14-9-10(15)6-7-11(14)16/h3,5-9,12,17H,2,4H2,1H3. The van der Waals surface area contributed by atoms with E-state index in [1.807, 2.05) is 24.4 Å². The van der Waals surface area contributed by atoms with Crippen molar-refractivity contribution in [2.45, 2.75) is 30.7 Å². The molecule has 0 spiro atoms. The molecule has 0 amide bonds. The molecular formula is C14H15Br2NO2S2. The molecule has 0 bridgehead atoms. The fraction of sp³-hybridized carbons (Fsp3) is 0.286. The van der Waals surface area contributed by atoms with Crippen LogP contribution in [0.5, 0.6) is 0 Å². The SMILES string of the molecule is CCCC(NS(=O)(=O)c1cc(Br)ccc1Br)c1cccs1. The molecule has 2 rings (SSSR count). The second-order valence-electron chi connectivity index (χ2n) is 4.55. The van der Waals surface area contributed by atoms with E-state index in [0.29, 0.717) is 4.47 Å². The van der Waals surface area contributed by atoms with E-state index in [9.17, 15) is 8.42 Å². The fourth-order valence-corrected chi connectivity index (χ4v) is 5.61. The van der Waals surface area contributed by atoms with Crippen LogP contribution in [0, 0.1) is 0 Å². The van der Waals surface area contributed by atoms with Crippen molar-refractivity contribution in [1.29, 1.82) is 0 Å². The minimum atomic E-state index is -3.58. The molecule has 0 aliphatic rings. The van der Waals surface area contributed by atoms with Crippen molar-refractivity contribution in [1.82, 2.24) is 4.72 Å². The maximum Gasteiger partial charge on any atom is 0.242 e. The highest BCUT2D eigenvalue weighted by Crippen LogP contribution is 2.29. The highest BCUT2D eigenvalue weighted by atomic mass is 79.9. The van der Waals surface area contributed by atoms with Gasteiger partial charge in [0.05, 0.1) is 10.9 Å². The summed E-state index contributed by atoms with van der Waals surface area (Å²) in [5, 5.41) is 1.96. The third-order valence-electron chi connectivity index (χ3n) is 2.94. The Labute approximate surface area is 146 Å². The van der Waals surface area contributed by atoms with Gasteiger partial charge in [-0.2, -0.15) is 0 Å². The van der Waals surface area contributed by atoms with E-state index in [2.05, 4.69) is 36.6 Å². The first kappa shape index (κ1) is 17.1. The molecular weight excluding hydrogens is 438 g/mol. The summed E-state index contributed by atoms with van der Waals surface area (Å²) in [5.41, 5.74) is 0. The Bertz CT molecular complexity index is 700. The van der Waals surface area contributed by atoms with E-state index in [1.54, 1.807) is 29.5 Å². The molecule has 3 nitrogen and oxygen atoms in total. The molecule has 2 aromatic rings. The summed E-state index contributed by atoms with van der Waals surface area (Å²) in [6.45, 7) is 2.05. The Morgan fingerprint density at radius 3 is 2.67 bits per heavy atom. The van der Waals surface area contributed by atoms with Crippen LogP contribution in [0.15, 0.2) is 49.6 Å². The van der Waals surface area contributed by atoms with Crippen molar-refractivity contribution < 1.29 is 8.42 Å². The summed E-state index contributed by atoms with van der Waals surface area (Å²) >= 11 is 8.19. The summed E-state index contributed by atoms with van der Waals surface area (Å²) in [6, 6.07) is 8.83. The second-order valence-corrected chi connectivity index (χ2v) is 8.98. The summed E-state index contributed by atoms with van der Waals surface area (Å²) in [4.78, 5) is 1.28. The van der Waals surface area contributed by atoms with Gasteiger partial charge in [0.1, 0.15) is 0 Å². The van der Waals surface area contributed by atoms with Crippen molar-refractivity contribution in [3.05, 3.63) is 49.5 Å². The predicted octanol–water partition coefficient (Wildman–Crippen LogP) is 5.09. The summed E-state index contributed by atoms with van der Waals surface area (Å²) < 4.78 is 29.4. The zero-order chi connectivity index (χ0) is 15.5. The summed E-state index contributed by atoms with van der Waals surface area (Å²) in [5.74, 6) is 0. The zero-order valence-electron chi connectivity index (χ0n) is 11.3. The van der Waals surface area contributed by atoms with Crippen molar-refractivity contribution in [3.63, 3.8) is 0 Å². The minimum Gasteiger partial charge on any atom is -0.207 e. The van der Waals surface area contributed by atoms with Gasteiger partial charge in [0, 0.05) is 13.8 Å². The van der Waals surface area contributed by atoms with Gasteiger partial charge in [-0.05, 0) is 52.0 Å². The van der Waals surface area contributed by atoms with Gasteiger partial charge in [-0.3, -0.25) is 0 Å². The lowest BCUT2D eigenvalue weighted by Gasteiger charge is -2.17. The van der Waals surface area contributed by atoms with Gasteiger partial charge in [-0.15, -0.1) is 11.3 Å². The Balaban J connectivity index is 2.32. The first-order valence-corrected chi connectivity index (χ1v) is 10.4. The normalized spacial score (nSPS) is 13.3. The number of thiophene rings is 1. The molecule has 1 N–H and O–H groups in total. The van der Waals surface area contributed by atoms with Crippen molar-refractivity contribution in [3.8, 4) is 0 Å². The zero-order valence-corrected chi connectivity index (χ0v) is 16.1. The Hall–Kier alpha value is -0.210. The average Bonchev–Trinajstić information content (AvgIpc) is 2.95. The van der Waals surface area contributed by atoms with Crippen LogP contribution in [0.1, 0.15) is 30.7 Å². The van der Waals surface area contributed by atoms with E-state index < -0.39 is 10.0 Å². The van der Waals surface area contributed by atoms with Gasteiger partial charge in [-0.25, -0.2) is 13.1 Å². The Morgan fingerprint density at radius 1 is 1.29 bits per heavy atom. The molecule has 0 saturated heterocycles. The van der Waals surface area contributed by atoms with Crippen molar-refractivity contribution in [2.24, 2.45) is 0 Å². The minimum absolute atomic E-state index is 0.189. The van der Waals surface area contributed by atoms with Gasteiger partial charge >= 0.3 is 0 Å². The van der Waals surface area contributed by atoms with E-state index >= 15 is 0 Å². The van der Waals surface area contributed by atoms with Crippen LogP contribution in [0.4, 0.5) is 0 Å². The van der Waals surface area contributed by atoms with Gasteiger partial charge in [0.15, 0.2) is 0 Å². The molecule has 1 aromatic carbocycles. The number of benzene rings is 1. The van der Waals surface area contributed by atoms with Gasteiger partial charge in [0.2, 0.25) is 10.0 Å². The molecule has 0 aliphatic heterocycles. The molecule has 21 heavy (non-hydrogen) atoms. The molecule has 1 atom stereocenters. The first-order chi connectivity index (χ1) is 9.94. The van der Waals surface area contributed by atoms with Gasteiger partial charge < -0.3 is 0 Å². The van der Waals surface area contributed by atoms with E-state index in [0.717, 1.165) is 22.2 Å². The second kappa shape index (κ2) is 7.37. The fourth-order valence-electron chi connectivity index (χ4n) is 1.97. The van der Waals surface area contributed by atoms with E-state index in [4.69, 9.17) is 0 Å². The highest BCUT2D eigenvalue weighted by molar-refractivity contribution is 9.11. The number of halogens is 2. The predicted molar refractivity (Wildman–Crippen MR) is 94.1 cm³/mol. The summed E-state index contributed by atoms with van der Waals surface area (Å²) in [6.07, 6.45) is 1.68. The van der Waals surface area contributed by atoms with Crippen LogP contribution in [0.2, 0.25) is 0 Å². The third kappa shape index (κ3) is 4.39. The Kier molecular flexibility index (Phi) is 6.02. The van der Waals surface area contributed by atoms with E-state index in [1.165, 1.54) is 0 Å². The number of nitrogens with one attached hydrogen (secondary N) is 1. The lowest BCUT2D eigenvalue weighted by molar-refractivity contribution is 0.539. The van der Waals surface area contributed by atoms with Crippen LogP contribution in [0.25, 0.3) is 0 Å². The van der Waals surface area contributed by atoms with Crippen LogP contribution in [-0.4, -0.2) is 8.42 Å².